The molecule has 1 aliphatic carbocycles. The lowest BCUT2D eigenvalue weighted by atomic mass is 10.1. The molecule has 0 aromatic rings. The summed E-state index contributed by atoms with van der Waals surface area (Å²) in [7, 11) is 0. The second-order valence-corrected chi connectivity index (χ2v) is 5.18. The van der Waals surface area contributed by atoms with Gasteiger partial charge in [-0.05, 0) is 38.1 Å². The number of nitrogens with zero attached hydrogens (tertiary/aromatic N) is 1. The maximum Gasteiger partial charge on any atom is 0.320 e. The molecule has 0 amide bonds. The summed E-state index contributed by atoms with van der Waals surface area (Å²) in [6.45, 7) is 6.33. The quantitative estimate of drug-likeness (QED) is 0.657. The Hall–Kier alpha value is -0.610. The molecule has 0 aromatic carbocycles. The van der Waals surface area contributed by atoms with Gasteiger partial charge in [0, 0.05) is 12.6 Å². The van der Waals surface area contributed by atoms with Gasteiger partial charge in [-0.1, -0.05) is 13.8 Å². The van der Waals surface area contributed by atoms with E-state index in [1.54, 1.807) is 0 Å². The second-order valence-electron chi connectivity index (χ2n) is 5.18. The summed E-state index contributed by atoms with van der Waals surface area (Å²) in [6, 6.07) is -0.0138. The van der Waals surface area contributed by atoms with Gasteiger partial charge in [-0.15, -0.1) is 0 Å². The van der Waals surface area contributed by atoms with Crippen molar-refractivity contribution in [3.05, 3.63) is 0 Å². The molecule has 16 heavy (non-hydrogen) atoms. The number of carbonyl (C=O) groups is 1. The molecule has 0 aromatic heterocycles. The third kappa shape index (κ3) is 4.94. The Morgan fingerprint density at radius 1 is 1.38 bits per heavy atom. The van der Waals surface area contributed by atoms with E-state index in [4.69, 9.17) is 10.8 Å². The minimum Gasteiger partial charge on any atom is -0.480 e. The first-order valence-corrected chi connectivity index (χ1v) is 6.23. The van der Waals surface area contributed by atoms with Crippen molar-refractivity contribution in [3.63, 3.8) is 0 Å². The summed E-state index contributed by atoms with van der Waals surface area (Å²) < 4.78 is 0. The molecule has 94 valence electrons. The summed E-state index contributed by atoms with van der Waals surface area (Å²) >= 11 is 0. The molecule has 1 aliphatic rings. The fourth-order valence-corrected chi connectivity index (χ4v) is 1.77. The monoisotopic (exact) mass is 228 g/mol. The van der Waals surface area contributed by atoms with Crippen LogP contribution >= 0.6 is 0 Å². The van der Waals surface area contributed by atoms with Crippen LogP contribution in [0.15, 0.2) is 0 Å². The Morgan fingerprint density at radius 2 is 1.94 bits per heavy atom. The van der Waals surface area contributed by atoms with Gasteiger partial charge in [-0.25, -0.2) is 0 Å². The molecule has 1 fully saturated rings. The number of carboxylic acid groups (broad SMARTS) is 1. The molecule has 0 radical (unpaired) electrons. The van der Waals surface area contributed by atoms with Crippen LogP contribution in [0.4, 0.5) is 0 Å². The van der Waals surface area contributed by atoms with E-state index >= 15 is 0 Å². The molecule has 1 saturated carbocycles. The van der Waals surface area contributed by atoms with Crippen LogP contribution in [0.5, 0.6) is 0 Å². The van der Waals surface area contributed by atoms with E-state index in [1.807, 2.05) is 0 Å². The predicted octanol–water partition coefficient (Wildman–Crippen LogP) is 1.30. The number of carboxylic acids is 1. The Kier molecular flexibility index (Phi) is 5.22. The summed E-state index contributed by atoms with van der Waals surface area (Å²) in [5.41, 5.74) is 5.52. The van der Waals surface area contributed by atoms with Gasteiger partial charge in [0.2, 0.25) is 0 Å². The second kappa shape index (κ2) is 6.21. The Morgan fingerprint density at radius 3 is 2.38 bits per heavy atom. The molecule has 4 heteroatoms. The lowest BCUT2D eigenvalue weighted by Crippen LogP contribution is -2.37. The maximum atomic E-state index is 10.6. The summed E-state index contributed by atoms with van der Waals surface area (Å²) in [5, 5.41) is 8.72. The van der Waals surface area contributed by atoms with E-state index in [9.17, 15) is 4.79 Å². The molecule has 1 atom stereocenters. The lowest BCUT2D eigenvalue weighted by molar-refractivity contribution is -0.138. The average Bonchev–Trinajstić information content (AvgIpc) is 3.00. The van der Waals surface area contributed by atoms with E-state index < -0.39 is 12.0 Å². The van der Waals surface area contributed by atoms with Crippen molar-refractivity contribution >= 4 is 5.97 Å². The summed E-state index contributed by atoms with van der Waals surface area (Å²) in [4.78, 5) is 13.0. The van der Waals surface area contributed by atoms with Gasteiger partial charge in [0.1, 0.15) is 6.04 Å². The molecule has 0 heterocycles. The molecular weight excluding hydrogens is 204 g/mol. The van der Waals surface area contributed by atoms with Crippen molar-refractivity contribution in [1.82, 2.24) is 4.90 Å². The van der Waals surface area contributed by atoms with Crippen LogP contribution in [0.3, 0.4) is 0 Å². The van der Waals surface area contributed by atoms with Crippen molar-refractivity contribution in [1.29, 1.82) is 0 Å². The van der Waals surface area contributed by atoms with E-state index in [2.05, 4.69) is 18.7 Å². The number of nitrogens with two attached hydrogens (primary N) is 1. The topological polar surface area (TPSA) is 66.6 Å². The minimum absolute atomic E-state index is 0.559. The fraction of sp³-hybridized carbons (Fsp3) is 0.917. The van der Waals surface area contributed by atoms with Crippen molar-refractivity contribution in [3.8, 4) is 0 Å². The maximum absolute atomic E-state index is 10.6. The molecule has 1 unspecified atom stereocenters. The number of rotatable bonds is 8. The van der Waals surface area contributed by atoms with Crippen LogP contribution in [-0.4, -0.2) is 41.1 Å². The normalized spacial score (nSPS) is 18.1. The van der Waals surface area contributed by atoms with Gasteiger partial charge in [0.05, 0.1) is 0 Å². The van der Waals surface area contributed by atoms with Gasteiger partial charge < -0.3 is 15.7 Å². The van der Waals surface area contributed by atoms with Gasteiger partial charge in [0.15, 0.2) is 0 Å². The highest BCUT2D eigenvalue weighted by atomic mass is 16.4. The fourth-order valence-electron chi connectivity index (χ4n) is 1.77. The zero-order valence-electron chi connectivity index (χ0n) is 10.4. The zero-order chi connectivity index (χ0) is 12.1. The lowest BCUT2D eigenvalue weighted by Gasteiger charge is -2.23. The molecule has 4 nitrogen and oxygen atoms in total. The van der Waals surface area contributed by atoms with E-state index in [0.29, 0.717) is 18.4 Å². The van der Waals surface area contributed by atoms with Crippen LogP contribution in [0.25, 0.3) is 0 Å². The standard InChI is InChI=1S/C12H24N2O2/c1-9(2)5-7-14(10-3-4-10)8-6-11(13)12(15)16/h9-11H,3-8,13H2,1-2H3,(H,15,16). The van der Waals surface area contributed by atoms with E-state index in [0.717, 1.165) is 13.1 Å². The highest BCUT2D eigenvalue weighted by Crippen LogP contribution is 2.27. The molecule has 0 spiro atoms. The SMILES string of the molecule is CC(C)CCN(CCC(N)C(=O)O)C1CC1. The van der Waals surface area contributed by atoms with E-state index in [1.165, 1.54) is 19.3 Å². The molecule has 3 N–H and O–H groups in total. The predicted molar refractivity (Wildman–Crippen MR) is 64.3 cm³/mol. The van der Waals surface area contributed by atoms with Crippen molar-refractivity contribution < 1.29 is 9.90 Å². The Bertz CT molecular complexity index is 227. The van der Waals surface area contributed by atoms with Gasteiger partial charge in [0.25, 0.3) is 0 Å². The van der Waals surface area contributed by atoms with Crippen LogP contribution in [0.2, 0.25) is 0 Å². The summed E-state index contributed by atoms with van der Waals surface area (Å²) in [5.74, 6) is -0.186. The molecule has 1 rings (SSSR count). The third-order valence-corrected chi connectivity index (χ3v) is 3.10. The van der Waals surface area contributed by atoms with Crippen molar-refractivity contribution in [2.24, 2.45) is 11.7 Å². The molecule has 0 saturated heterocycles. The van der Waals surface area contributed by atoms with Gasteiger partial charge in [-0.2, -0.15) is 0 Å². The van der Waals surface area contributed by atoms with Gasteiger partial charge >= 0.3 is 5.97 Å². The first-order chi connectivity index (χ1) is 7.50. The first-order valence-electron chi connectivity index (χ1n) is 6.23. The first kappa shape index (κ1) is 13.5. The zero-order valence-corrected chi connectivity index (χ0v) is 10.4. The average molecular weight is 228 g/mol. The third-order valence-electron chi connectivity index (χ3n) is 3.10. The van der Waals surface area contributed by atoms with Crippen LogP contribution in [0, 0.1) is 5.92 Å². The summed E-state index contributed by atoms with van der Waals surface area (Å²) in [6.07, 6.45) is 4.27. The number of aliphatic carboxylic acids is 1. The number of hydrogen-bond donors (Lipinski definition) is 2. The van der Waals surface area contributed by atoms with Crippen LogP contribution in [-0.2, 0) is 4.79 Å². The largest absolute Gasteiger partial charge is 0.480 e. The highest BCUT2D eigenvalue weighted by Gasteiger charge is 2.29. The van der Waals surface area contributed by atoms with Crippen LogP contribution in [0.1, 0.15) is 39.5 Å². The van der Waals surface area contributed by atoms with Crippen LogP contribution < -0.4 is 5.73 Å². The van der Waals surface area contributed by atoms with Crippen molar-refractivity contribution in [2.75, 3.05) is 13.1 Å². The van der Waals surface area contributed by atoms with Gasteiger partial charge in [-0.3, -0.25) is 4.79 Å². The molecule has 0 bridgehead atoms. The molecular formula is C12H24N2O2. The highest BCUT2D eigenvalue weighted by molar-refractivity contribution is 5.72. The molecule has 0 aliphatic heterocycles. The number of hydrogen-bond acceptors (Lipinski definition) is 3. The smallest absolute Gasteiger partial charge is 0.320 e. The van der Waals surface area contributed by atoms with Crippen molar-refractivity contribution in [2.45, 2.75) is 51.6 Å². The minimum atomic E-state index is -0.889. The van der Waals surface area contributed by atoms with E-state index in [-0.39, 0.29) is 0 Å². The Labute approximate surface area is 97.8 Å². The Balaban J connectivity index is 2.25.